The monoisotopic (exact) mass is 238 g/mol. The fourth-order valence-electron chi connectivity index (χ4n) is 1.50. The Bertz CT molecular complexity index is 338. The van der Waals surface area contributed by atoms with Crippen molar-refractivity contribution in [1.29, 1.82) is 0 Å². The molecule has 94 valence electrons. The lowest BCUT2D eigenvalue weighted by atomic mass is 10.1. The summed E-state index contributed by atoms with van der Waals surface area (Å²) in [6, 6.07) is 6.48. The first-order valence-corrected chi connectivity index (χ1v) is 5.94. The van der Waals surface area contributed by atoms with E-state index < -0.39 is 0 Å². The molecule has 0 fully saturated rings. The molecule has 1 aromatic rings. The summed E-state index contributed by atoms with van der Waals surface area (Å²) in [4.78, 5) is 11.1. The van der Waals surface area contributed by atoms with Gasteiger partial charge >= 0.3 is 0 Å². The number of hydrogen-bond acceptors (Lipinski definition) is 2. The molecule has 0 saturated heterocycles. The lowest BCUT2D eigenvalue weighted by Gasteiger charge is -2.05. The molecule has 3 nitrogen and oxygen atoms in total. The molecule has 2 N–H and O–H groups in total. The molecule has 0 saturated carbocycles. The number of hydrogen-bond donors (Lipinski definition) is 2. The Kier molecular flexibility index (Phi) is 6.25. The Morgan fingerprint density at radius 3 is 2.59 bits per heavy atom. The molecule has 0 aromatic heterocycles. The van der Waals surface area contributed by atoms with Crippen LogP contribution in [-0.4, -0.2) is 25.5 Å². The van der Waals surface area contributed by atoms with E-state index in [2.05, 4.69) is 10.6 Å². The Labute approximate surface area is 101 Å². The van der Waals surface area contributed by atoms with Crippen LogP contribution in [0.25, 0.3) is 0 Å². The van der Waals surface area contributed by atoms with Crippen LogP contribution in [0.5, 0.6) is 0 Å². The second-order valence-electron chi connectivity index (χ2n) is 3.83. The van der Waals surface area contributed by atoms with Gasteiger partial charge in [0.25, 0.3) is 0 Å². The van der Waals surface area contributed by atoms with Gasteiger partial charge in [0.2, 0.25) is 5.91 Å². The third-order valence-electron chi connectivity index (χ3n) is 2.41. The largest absolute Gasteiger partial charge is 0.356 e. The minimum atomic E-state index is -0.210. The zero-order valence-electron chi connectivity index (χ0n) is 10.1. The van der Waals surface area contributed by atoms with E-state index in [1.807, 2.05) is 6.92 Å². The maximum atomic E-state index is 12.6. The van der Waals surface area contributed by atoms with Gasteiger partial charge in [0.1, 0.15) is 5.82 Å². The summed E-state index contributed by atoms with van der Waals surface area (Å²) in [6.45, 7) is 4.05. The van der Waals surface area contributed by atoms with Crippen LogP contribution >= 0.6 is 0 Å². The van der Waals surface area contributed by atoms with Gasteiger partial charge in [-0.25, -0.2) is 4.39 Å². The summed E-state index contributed by atoms with van der Waals surface area (Å²) in [5, 5.41) is 5.92. The fourth-order valence-corrected chi connectivity index (χ4v) is 1.50. The molecule has 0 atom stereocenters. The number of carbonyl (C=O) groups excluding carboxylic acids is 1. The van der Waals surface area contributed by atoms with Crippen molar-refractivity contribution in [2.75, 3.05) is 19.6 Å². The molecule has 1 rings (SSSR count). The smallest absolute Gasteiger partial charge is 0.221 e. The van der Waals surface area contributed by atoms with Gasteiger partial charge in [0, 0.05) is 19.5 Å². The van der Waals surface area contributed by atoms with Crippen molar-refractivity contribution in [3.63, 3.8) is 0 Å². The second-order valence-corrected chi connectivity index (χ2v) is 3.83. The maximum Gasteiger partial charge on any atom is 0.221 e. The van der Waals surface area contributed by atoms with Gasteiger partial charge in [0.15, 0.2) is 0 Å². The lowest BCUT2D eigenvalue weighted by Crippen LogP contribution is -2.28. The molecule has 0 heterocycles. The molecule has 0 bridgehead atoms. The number of carbonyl (C=O) groups is 1. The highest BCUT2D eigenvalue weighted by atomic mass is 19.1. The summed E-state index contributed by atoms with van der Waals surface area (Å²) in [6.07, 6.45) is 1.34. The normalized spacial score (nSPS) is 10.2. The number of halogens is 1. The van der Waals surface area contributed by atoms with Gasteiger partial charge in [-0.1, -0.05) is 12.1 Å². The van der Waals surface area contributed by atoms with Crippen molar-refractivity contribution in [1.82, 2.24) is 10.6 Å². The van der Waals surface area contributed by atoms with Crippen molar-refractivity contribution in [2.24, 2.45) is 0 Å². The Hall–Kier alpha value is -1.42. The van der Waals surface area contributed by atoms with E-state index in [9.17, 15) is 9.18 Å². The first-order chi connectivity index (χ1) is 8.22. The van der Waals surface area contributed by atoms with Crippen LogP contribution in [0.1, 0.15) is 18.9 Å². The quantitative estimate of drug-likeness (QED) is 0.707. The van der Waals surface area contributed by atoms with Crippen molar-refractivity contribution in [3.8, 4) is 0 Å². The van der Waals surface area contributed by atoms with E-state index in [0.717, 1.165) is 18.5 Å². The van der Waals surface area contributed by atoms with E-state index in [-0.39, 0.29) is 11.7 Å². The third-order valence-corrected chi connectivity index (χ3v) is 2.41. The molecular weight excluding hydrogens is 219 g/mol. The van der Waals surface area contributed by atoms with Gasteiger partial charge in [-0.2, -0.15) is 0 Å². The predicted octanol–water partition coefficient (Wildman–Crippen LogP) is 1.48. The van der Waals surface area contributed by atoms with Crippen LogP contribution in [0.4, 0.5) is 4.39 Å². The molecule has 0 radical (unpaired) electrons. The average Bonchev–Trinajstić information content (AvgIpc) is 2.31. The van der Waals surface area contributed by atoms with Crippen molar-refractivity contribution < 1.29 is 9.18 Å². The molecular formula is C13H19FN2O. The minimum absolute atomic E-state index is 0.0711. The number of amides is 1. The second kappa shape index (κ2) is 7.79. The van der Waals surface area contributed by atoms with Gasteiger partial charge in [-0.3, -0.25) is 4.79 Å². The first-order valence-electron chi connectivity index (χ1n) is 5.94. The van der Waals surface area contributed by atoms with E-state index >= 15 is 0 Å². The molecule has 1 aromatic carbocycles. The Balaban J connectivity index is 2.08. The van der Waals surface area contributed by atoms with Crippen molar-refractivity contribution in [3.05, 3.63) is 35.6 Å². The molecule has 0 aliphatic rings. The molecule has 0 aliphatic carbocycles. The molecule has 4 heteroatoms. The highest BCUT2D eigenvalue weighted by Gasteiger charge is 1.98. The van der Waals surface area contributed by atoms with Crippen LogP contribution in [-0.2, 0) is 11.2 Å². The summed E-state index contributed by atoms with van der Waals surface area (Å²) >= 11 is 0. The first kappa shape index (κ1) is 13.6. The average molecular weight is 238 g/mol. The van der Waals surface area contributed by atoms with Crippen molar-refractivity contribution >= 4 is 5.91 Å². The SMILES string of the molecule is CCNC(=O)CCNCCc1ccc(F)cc1. The summed E-state index contributed by atoms with van der Waals surface area (Å²) in [5.74, 6) is -0.139. The van der Waals surface area contributed by atoms with Crippen LogP contribution in [0.3, 0.4) is 0 Å². The molecule has 1 amide bonds. The standard InChI is InChI=1S/C13H19FN2O/c1-2-16-13(17)8-10-15-9-7-11-3-5-12(14)6-4-11/h3-6,15H,2,7-10H2,1H3,(H,16,17). The lowest BCUT2D eigenvalue weighted by molar-refractivity contribution is -0.120. The Morgan fingerprint density at radius 1 is 1.24 bits per heavy atom. The van der Waals surface area contributed by atoms with Crippen LogP contribution in [0.2, 0.25) is 0 Å². The Morgan fingerprint density at radius 2 is 1.94 bits per heavy atom. The van der Waals surface area contributed by atoms with E-state index in [1.54, 1.807) is 12.1 Å². The fraction of sp³-hybridized carbons (Fsp3) is 0.462. The maximum absolute atomic E-state index is 12.6. The third kappa shape index (κ3) is 6.02. The summed E-state index contributed by atoms with van der Waals surface area (Å²) in [7, 11) is 0. The van der Waals surface area contributed by atoms with E-state index in [4.69, 9.17) is 0 Å². The minimum Gasteiger partial charge on any atom is -0.356 e. The van der Waals surface area contributed by atoms with Crippen LogP contribution in [0.15, 0.2) is 24.3 Å². The summed E-state index contributed by atoms with van der Waals surface area (Å²) in [5.41, 5.74) is 1.09. The topological polar surface area (TPSA) is 41.1 Å². The molecule has 0 unspecified atom stereocenters. The molecule has 0 spiro atoms. The number of nitrogens with one attached hydrogen (secondary N) is 2. The molecule has 0 aliphatic heterocycles. The number of rotatable bonds is 7. The van der Waals surface area contributed by atoms with E-state index in [1.165, 1.54) is 12.1 Å². The van der Waals surface area contributed by atoms with Crippen LogP contribution < -0.4 is 10.6 Å². The van der Waals surface area contributed by atoms with E-state index in [0.29, 0.717) is 19.5 Å². The van der Waals surface area contributed by atoms with Gasteiger partial charge in [0.05, 0.1) is 0 Å². The highest BCUT2D eigenvalue weighted by molar-refractivity contribution is 5.75. The molecule has 17 heavy (non-hydrogen) atoms. The van der Waals surface area contributed by atoms with Gasteiger partial charge in [-0.05, 0) is 37.6 Å². The number of benzene rings is 1. The van der Waals surface area contributed by atoms with Gasteiger partial charge in [-0.15, -0.1) is 0 Å². The summed E-state index contributed by atoms with van der Waals surface area (Å²) < 4.78 is 12.6. The van der Waals surface area contributed by atoms with Gasteiger partial charge < -0.3 is 10.6 Å². The van der Waals surface area contributed by atoms with Crippen molar-refractivity contribution in [2.45, 2.75) is 19.8 Å². The van der Waals surface area contributed by atoms with Crippen LogP contribution in [0, 0.1) is 5.82 Å². The zero-order valence-corrected chi connectivity index (χ0v) is 10.1. The highest BCUT2D eigenvalue weighted by Crippen LogP contribution is 2.02. The zero-order chi connectivity index (χ0) is 12.5. The predicted molar refractivity (Wildman–Crippen MR) is 66.3 cm³/mol.